The van der Waals surface area contributed by atoms with Crippen molar-refractivity contribution in [2.45, 2.75) is 37.3 Å². The number of benzene rings is 2. The Kier molecular flexibility index (Phi) is 6.31. The zero-order valence-electron chi connectivity index (χ0n) is 21.2. The summed E-state index contributed by atoms with van der Waals surface area (Å²) in [6, 6.07) is 11.9. The molecule has 1 amide bonds. The molecule has 38 heavy (non-hydrogen) atoms. The van der Waals surface area contributed by atoms with Gasteiger partial charge in [-0.1, -0.05) is 36.4 Å². The lowest BCUT2D eigenvalue weighted by Gasteiger charge is -2.52. The van der Waals surface area contributed by atoms with Crippen molar-refractivity contribution in [3.63, 3.8) is 0 Å². The van der Waals surface area contributed by atoms with E-state index in [2.05, 4.69) is 0 Å². The fourth-order valence-electron chi connectivity index (χ4n) is 6.83. The van der Waals surface area contributed by atoms with Crippen LogP contribution in [0.3, 0.4) is 0 Å². The molecule has 6 atom stereocenters. The summed E-state index contributed by atoms with van der Waals surface area (Å²) in [5.41, 5.74) is 5.30. The van der Waals surface area contributed by atoms with Gasteiger partial charge in [-0.15, -0.1) is 0 Å². The molecule has 3 aliphatic carbocycles. The molecule has 198 valence electrons. The Morgan fingerprint density at radius 1 is 1.03 bits per heavy atom. The quantitative estimate of drug-likeness (QED) is 0.488. The lowest BCUT2D eigenvalue weighted by molar-refractivity contribution is -0.181. The first-order chi connectivity index (χ1) is 18.0. The van der Waals surface area contributed by atoms with Crippen LogP contribution in [0.2, 0.25) is 0 Å². The van der Waals surface area contributed by atoms with Crippen LogP contribution in [0, 0.1) is 23.7 Å². The number of aliphatic hydroxyl groups is 1. The molecule has 2 aromatic rings. The van der Waals surface area contributed by atoms with E-state index >= 15 is 0 Å². The number of Topliss-reactive ketones (excluding diaryl/α,β-unsaturated/α-hetero) is 4. The van der Waals surface area contributed by atoms with Gasteiger partial charge in [0.15, 0.2) is 34.7 Å². The first kappa shape index (κ1) is 25.9. The Labute approximate surface area is 219 Å². The summed E-state index contributed by atoms with van der Waals surface area (Å²) in [7, 11) is 3.13. The van der Waals surface area contributed by atoms with Crippen LogP contribution in [0.15, 0.2) is 42.5 Å². The van der Waals surface area contributed by atoms with Gasteiger partial charge < -0.3 is 15.9 Å². The normalized spacial score (nSPS) is 30.6. The molecule has 0 aliphatic heterocycles. The summed E-state index contributed by atoms with van der Waals surface area (Å²) in [5.74, 6) is -10.3. The number of primary amides is 1. The monoisotopic (exact) mass is 518 g/mol. The van der Waals surface area contributed by atoms with Gasteiger partial charge in [0.1, 0.15) is 5.75 Å². The number of hydrogen-bond donors (Lipinski definition) is 3. The fourth-order valence-corrected chi connectivity index (χ4v) is 6.83. The van der Waals surface area contributed by atoms with Gasteiger partial charge in [-0.05, 0) is 68.5 Å². The van der Waals surface area contributed by atoms with Crippen LogP contribution in [0.4, 0.5) is 0 Å². The molecule has 3 aliphatic rings. The minimum atomic E-state index is -2.71. The zero-order valence-corrected chi connectivity index (χ0v) is 21.2. The number of rotatable bonds is 5. The van der Waals surface area contributed by atoms with Crippen molar-refractivity contribution >= 4 is 29.0 Å². The Hall–Kier alpha value is -3.69. The van der Waals surface area contributed by atoms with E-state index < -0.39 is 64.4 Å². The number of nitrogens with two attached hydrogens (primary N) is 1. The van der Waals surface area contributed by atoms with Crippen LogP contribution < -0.4 is 5.73 Å². The molecule has 4 N–H and O–H groups in total. The fraction of sp³-hybridized carbons (Fsp3) is 0.414. The van der Waals surface area contributed by atoms with Crippen LogP contribution in [0.1, 0.15) is 33.5 Å². The number of phenolic OH excluding ortho intramolecular Hbond substituents is 1. The van der Waals surface area contributed by atoms with Gasteiger partial charge in [-0.2, -0.15) is 0 Å². The van der Waals surface area contributed by atoms with Crippen LogP contribution in [0.5, 0.6) is 5.75 Å². The number of carbonyl (C=O) groups excluding carboxylic acids is 5. The highest BCUT2D eigenvalue weighted by Crippen LogP contribution is 2.51. The lowest BCUT2D eigenvalue weighted by atomic mass is 9.52. The number of hydrogen-bond acceptors (Lipinski definition) is 8. The maximum atomic E-state index is 13.8. The summed E-state index contributed by atoms with van der Waals surface area (Å²) in [5, 5.41) is 22.3. The van der Waals surface area contributed by atoms with Crippen molar-refractivity contribution in [2.24, 2.45) is 29.4 Å². The first-order valence-electron chi connectivity index (χ1n) is 12.7. The average molecular weight is 519 g/mol. The van der Waals surface area contributed by atoms with Crippen LogP contribution in [-0.4, -0.2) is 69.9 Å². The van der Waals surface area contributed by atoms with Gasteiger partial charge in [0.25, 0.3) is 0 Å². The maximum Gasteiger partial charge on any atom is 0.235 e. The number of amides is 1. The second-order valence-electron chi connectivity index (χ2n) is 10.9. The number of fused-ring (bicyclic) bond motifs is 3. The average Bonchev–Trinajstić information content (AvgIpc) is 2.86. The Morgan fingerprint density at radius 3 is 2.34 bits per heavy atom. The number of ketones is 4. The number of phenols is 1. The van der Waals surface area contributed by atoms with Crippen molar-refractivity contribution in [2.75, 3.05) is 14.1 Å². The second-order valence-corrected chi connectivity index (χ2v) is 10.9. The molecule has 2 aromatic carbocycles. The highest BCUT2D eigenvalue weighted by molar-refractivity contribution is 6.32. The van der Waals surface area contributed by atoms with E-state index in [1.54, 1.807) is 20.2 Å². The standard InChI is InChI=1S/C29H30N2O7/c1-31(2)23-18-13-16-12-17-15(9-8-14-6-4-3-5-7-14)10-11-19(32)21(17)24(33)20(16)26(35)29(18,38)27(36)22(25(23)34)28(30)37/h3-7,10-11,16,18,20,22-23,32,38H,8-9,12-13H2,1-2H3,(H2,30,37)/t16-,18-,20?,22?,23-,29-/m0/s1. The third-order valence-electron chi connectivity index (χ3n) is 8.57. The highest BCUT2D eigenvalue weighted by Gasteiger charge is 2.69. The molecule has 2 saturated carbocycles. The van der Waals surface area contributed by atoms with Crippen LogP contribution in [0.25, 0.3) is 0 Å². The summed E-state index contributed by atoms with van der Waals surface area (Å²) in [4.78, 5) is 67.6. The minimum absolute atomic E-state index is 0.0298. The molecule has 0 spiro atoms. The van der Waals surface area contributed by atoms with Gasteiger partial charge in [0.05, 0.1) is 17.5 Å². The molecular weight excluding hydrogens is 488 g/mol. The molecule has 0 aromatic heterocycles. The summed E-state index contributed by atoms with van der Waals surface area (Å²) in [6.45, 7) is 0. The van der Waals surface area contributed by atoms with E-state index in [1.165, 1.54) is 11.0 Å². The molecule has 0 radical (unpaired) electrons. The number of nitrogens with zero attached hydrogens (tertiary/aromatic N) is 1. The topological polar surface area (TPSA) is 155 Å². The van der Waals surface area contributed by atoms with Crippen molar-refractivity contribution in [3.8, 4) is 5.75 Å². The molecule has 0 bridgehead atoms. The van der Waals surface area contributed by atoms with Crippen molar-refractivity contribution in [1.29, 1.82) is 0 Å². The van der Waals surface area contributed by atoms with Gasteiger partial charge in [-0.25, -0.2) is 0 Å². The van der Waals surface area contributed by atoms with E-state index in [0.717, 1.165) is 11.1 Å². The van der Waals surface area contributed by atoms with Gasteiger partial charge in [0.2, 0.25) is 5.91 Å². The highest BCUT2D eigenvalue weighted by atomic mass is 16.3. The number of carbonyl (C=O) groups is 5. The third-order valence-corrected chi connectivity index (χ3v) is 8.57. The predicted octanol–water partition coefficient (Wildman–Crippen LogP) is 0.652. The summed E-state index contributed by atoms with van der Waals surface area (Å²) >= 11 is 0. The predicted molar refractivity (Wildman–Crippen MR) is 135 cm³/mol. The SMILES string of the molecule is CN(C)[C@@H]1C(=O)C(C(N)=O)C(=O)[C@@]2(O)C(=O)C3C(=O)c4c(O)ccc(CCc5ccccc5)c4C[C@H]3C[C@@H]12. The Morgan fingerprint density at radius 2 is 1.71 bits per heavy atom. The smallest absolute Gasteiger partial charge is 0.235 e. The molecular formula is C29H30N2O7. The molecule has 2 unspecified atom stereocenters. The molecule has 5 rings (SSSR count). The molecule has 0 heterocycles. The number of likely N-dealkylation sites (N-methyl/N-ethyl adjacent to an activating group) is 1. The number of aryl methyl sites for hydroxylation is 2. The van der Waals surface area contributed by atoms with E-state index in [1.807, 2.05) is 30.3 Å². The van der Waals surface area contributed by atoms with Crippen molar-refractivity contribution < 1.29 is 34.2 Å². The Balaban J connectivity index is 1.56. The van der Waals surface area contributed by atoms with Gasteiger partial charge in [-0.3, -0.25) is 28.9 Å². The molecule has 2 fully saturated rings. The van der Waals surface area contributed by atoms with Gasteiger partial charge >= 0.3 is 0 Å². The van der Waals surface area contributed by atoms with Gasteiger partial charge in [0, 0.05) is 5.92 Å². The maximum absolute atomic E-state index is 13.8. The van der Waals surface area contributed by atoms with E-state index in [-0.39, 0.29) is 24.2 Å². The largest absolute Gasteiger partial charge is 0.507 e. The zero-order chi connectivity index (χ0) is 27.5. The molecule has 9 heteroatoms. The van der Waals surface area contributed by atoms with Crippen LogP contribution in [-0.2, 0) is 38.4 Å². The number of aromatic hydroxyl groups is 1. The second kappa shape index (κ2) is 9.25. The first-order valence-corrected chi connectivity index (χ1v) is 12.7. The summed E-state index contributed by atoms with van der Waals surface area (Å²) in [6.07, 6.45) is 1.63. The lowest BCUT2D eigenvalue weighted by Crippen LogP contribution is -2.74. The third kappa shape index (κ3) is 3.72. The van der Waals surface area contributed by atoms with E-state index in [0.29, 0.717) is 18.4 Å². The van der Waals surface area contributed by atoms with E-state index in [4.69, 9.17) is 5.73 Å². The Bertz CT molecular complexity index is 1370. The van der Waals surface area contributed by atoms with Crippen molar-refractivity contribution in [1.82, 2.24) is 4.90 Å². The van der Waals surface area contributed by atoms with Crippen molar-refractivity contribution in [3.05, 3.63) is 64.7 Å². The van der Waals surface area contributed by atoms with Crippen LogP contribution >= 0.6 is 0 Å². The molecule has 9 nitrogen and oxygen atoms in total. The van der Waals surface area contributed by atoms with E-state index in [9.17, 15) is 34.2 Å². The molecule has 0 saturated heterocycles. The summed E-state index contributed by atoms with van der Waals surface area (Å²) < 4.78 is 0. The minimum Gasteiger partial charge on any atom is -0.507 e.